The molecule has 0 saturated carbocycles. The standard InChI is InChI=1S/C14H20N2O2/c1-18-14(12-17)16-9-7-15(8-10-16)11-13-5-3-2-4-6-13/h2-6,12,14H,7-11H2,1H3. The number of carbonyl (C=O) groups is 1. The van der Waals surface area contributed by atoms with Gasteiger partial charge in [0.05, 0.1) is 0 Å². The van der Waals surface area contributed by atoms with Gasteiger partial charge in [-0.25, -0.2) is 0 Å². The number of aldehydes is 1. The first-order valence-electron chi connectivity index (χ1n) is 6.32. The smallest absolute Gasteiger partial charge is 0.166 e. The summed E-state index contributed by atoms with van der Waals surface area (Å²) in [5.74, 6) is 0. The van der Waals surface area contributed by atoms with E-state index in [2.05, 4.69) is 34.1 Å². The van der Waals surface area contributed by atoms with E-state index in [1.165, 1.54) is 5.56 Å². The molecule has 0 amide bonds. The Balaban J connectivity index is 1.82. The van der Waals surface area contributed by atoms with Crippen LogP contribution in [0.15, 0.2) is 30.3 Å². The molecule has 1 fully saturated rings. The van der Waals surface area contributed by atoms with Gasteiger partial charge in [0.1, 0.15) is 0 Å². The Bertz CT molecular complexity index is 361. The van der Waals surface area contributed by atoms with E-state index >= 15 is 0 Å². The molecule has 98 valence electrons. The van der Waals surface area contributed by atoms with Gasteiger partial charge in [-0.1, -0.05) is 30.3 Å². The van der Waals surface area contributed by atoms with Crippen LogP contribution in [0.2, 0.25) is 0 Å². The van der Waals surface area contributed by atoms with Crippen molar-refractivity contribution in [3.8, 4) is 0 Å². The molecule has 0 aromatic heterocycles. The van der Waals surface area contributed by atoms with Gasteiger partial charge >= 0.3 is 0 Å². The average Bonchev–Trinajstić information content (AvgIpc) is 2.43. The van der Waals surface area contributed by atoms with Gasteiger partial charge in [0.25, 0.3) is 0 Å². The largest absolute Gasteiger partial charge is 0.359 e. The first-order chi connectivity index (χ1) is 8.83. The second-order valence-corrected chi connectivity index (χ2v) is 4.56. The van der Waals surface area contributed by atoms with E-state index in [0.29, 0.717) is 0 Å². The number of benzene rings is 1. The van der Waals surface area contributed by atoms with Gasteiger partial charge in [-0.15, -0.1) is 0 Å². The van der Waals surface area contributed by atoms with Crippen LogP contribution in [0.25, 0.3) is 0 Å². The van der Waals surface area contributed by atoms with E-state index in [1.807, 2.05) is 6.07 Å². The summed E-state index contributed by atoms with van der Waals surface area (Å²) in [5.41, 5.74) is 1.34. The van der Waals surface area contributed by atoms with Crippen molar-refractivity contribution in [3.05, 3.63) is 35.9 Å². The van der Waals surface area contributed by atoms with Crippen molar-refractivity contribution in [2.24, 2.45) is 0 Å². The summed E-state index contributed by atoms with van der Waals surface area (Å²) in [5, 5.41) is 0. The molecular formula is C14H20N2O2. The molecular weight excluding hydrogens is 228 g/mol. The normalized spacial score (nSPS) is 19.6. The van der Waals surface area contributed by atoms with E-state index in [-0.39, 0.29) is 6.23 Å². The fraction of sp³-hybridized carbons (Fsp3) is 0.500. The zero-order valence-corrected chi connectivity index (χ0v) is 10.8. The molecule has 0 spiro atoms. The topological polar surface area (TPSA) is 32.8 Å². The summed E-state index contributed by atoms with van der Waals surface area (Å²) in [7, 11) is 1.58. The Morgan fingerprint density at radius 2 is 1.89 bits per heavy atom. The maximum Gasteiger partial charge on any atom is 0.166 e. The highest BCUT2D eigenvalue weighted by Gasteiger charge is 2.22. The zero-order valence-electron chi connectivity index (χ0n) is 10.8. The third kappa shape index (κ3) is 3.38. The van der Waals surface area contributed by atoms with Crippen LogP contribution < -0.4 is 0 Å². The Morgan fingerprint density at radius 1 is 1.22 bits per heavy atom. The molecule has 18 heavy (non-hydrogen) atoms. The fourth-order valence-electron chi connectivity index (χ4n) is 2.31. The van der Waals surface area contributed by atoms with Gasteiger partial charge < -0.3 is 4.74 Å². The summed E-state index contributed by atoms with van der Waals surface area (Å²) in [6.45, 7) is 4.69. The molecule has 1 aromatic carbocycles. The molecule has 1 saturated heterocycles. The summed E-state index contributed by atoms with van der Waals surface area (Å²) >= 11 is 0. The Hall–Kier alpha value is -1.23. The van der Waals surface area contributed by atoms with Crippen molar-refractivity contribution >= 4 is 6.29 Å². The number of carbonyl (C=O) groups excluding carboxylic acids is 1. The number of piperazine rings is 1. The quantitative estimate of drug-likeness (QED) is 0.727. The Labute approximate surface area is 108 Å². The lowest BCUT2D eigenvalue weighted by Gasteiger charge is -2.36. The van der Waals surface area contributed by atoms with Crippen LogP contribution in [0.3, 0.4) is 0 Å². The van der Waals surface area contributed by atoms with Gasteiger partial charge in [-0.05, 0) is 5.56 Å². The van der Waals surface area contributed by atoms with E-state index in [1.54, 1.807) is 7.11 Å². The molecule has 0 radical (unpaired) electrons. The Kier molecular flexibility index (Phi) is 4.87. The van der Waals surface area contributed by atoms with Gasteiger partial charge in [0, 0.05) is 39.8 Å². The van der Waals surface area contributed by atoms with Crippen LogP contribution in [0, 0.1) is 0 Å². The molecule has 0 N–H and O–H groups in total. The highest BCUT2D eigenvalue weighted by Crippen LogP contribution is 2.10. The number of methoxy groups -OCH3 is 1. The lowest BCUT2D eigenvalue weighted by molar-refractivity contribution is -0.129. The number of ether oxygens (including phenoxy) is 1. The second kappa shape index (κ2) is 6.64. The van der Waals surface area contributed by atoms with Gasteiger partial charge in [-0.3, -0.25) is 14.6 Å². The molecule has 2 rings (SSSR count). The molecule has 1 heterocycles. The van der Waals surface area contributed by atoms with Crippen LogP contribution in [0.1, 0.15) is 5.56 Å². The third-order valence-corrected chi connectivity index (χ3v) is 3.37. The summed E-state index contributed by atoms with van der Waals surface area (Å²) in [4.78, 5) is 15.3. The Morgan fingerprint density at radius 3 is 2.44 bits per heavy atom. The number of hydrogen-bond donors (Lipinski definition) is 0. The van der Waals surface area contributed by atoms with Crippen molar-refractivity contribution in [3.63, 3.8) is 0 Å². The van der Waals surface area contributed by atoms with E-state index in [0.717, 1.165) is 39.0 Å². The van der Waals surface area contributed by atoms with Crippen LogP contribution in [-0.2, 0) is 16.1 Å². The minimum Gasteiger partial charge on any atom is -0.359 e. The monoisotopic (exact) mass is 248 g/mol. The maximum absolute atomic E-state index is 10.8. The van der Waals surface area contributed by atoms with Gasteiger partial charge in [0.15, 0.2) is 12.5 Å². The van der Waals surface area contributed by atoms with Crippen LogP contribution in [0.4, 0.5) is 0 Å². The van der Waals surface area contributed by atoms with E-state index in [4.69, 9.17) is 4.74 Å². The summed E-state index contributed by atoms with van der Waals surface area (Å²) in [6.07, 6.45) is 0.483. The summed E-state index contributed by atoms with van der Waals surface area (Å²) < 4.78 is 5.13. The molecule has 1 aromatic rings. The lowest BCUT2D eigenvalue weighted by atomic mass is 10.2. The van der Waals surface area contributed by atoms with Crippen molar-refractivity contribution in [1.82, 2.24) is 9.80 Å². The van der Waals surface area contributed by atoms with E-state index < -0.39 is 0 Å². The predicted octanol–water partition coefficient (Wildman–Crippen LogP) is 0.976. The predicted molar refractivity (Wildman–Crippen MR) is 70.2 cm³/mol. The van der Waals surface area contributed by atoms with Crippen LogP contribution in [-0.4, -0.2) is 55.6 Å². The SMILES string of the molecule is COC(C=O)N1CCN(Cc2ccccc2)CC1. The van der Waals surface area contributed by atoms with Gasteiger partial charge in [0.2, 0.25) is 0 Å². The van der Waals surface area contributed by atoms with Gasteiger partial charge in [-0.2, -0.15) is 0 Å². The number of nitrogens with zero attached hydrogens (tertiary/aromatic N) is 2. The lowest BCUT2D eigenvalue weighted by Crippen LogP contribution is -2.51. The molecule has 4 nitrogen and oxygen atoms in total. The van der Waals surface area contributed by atoms with Crippen LogP contribution >= 0.6 is 0 Å². The maximum atomic E-state index is 10.8. The van der Waals surface area contributed by atoms with Crippen molar-refractivity contribution in [2.75, 3.05) is 33.3 Å². The molecule has 0 bridgehead atoms. The third-order valence-electron chi connectivity index (χ3n) is 3.37. The highest BCUT2D eigenvalue weighted by atomic mass is 16.5. The van der Waals surface area contributed by atoms with Crippen LogP contribution in [0.5, 0.6) is 0 Å². The highest BCUT2D eigenvalue weighted by molar-refractivity contribution is 5.55. The second-order valence-electron chi connectivity index (χ2n) is 4.56. The molecule has 1 aliphatic heterocycles. The average molecular weight is 248 g/mol. The molecule has 1 aliphatic rings. The number of rotatable bonds is 5. The first-order valence-corrected chi connectivity index (χ1v) is 6.32. The first kappa shape index (κ1) is 13.2. The minimum atomic E-state index is -0.385. The van der Waals surface area contributed by atoms with Crippen molar-refractivity contribution < 1.29 is 9.53 Å². The fourth-order valence-corrected chi connectivity index (χ4v) is 2.31. The number of hydrogen-bond acceptors (Lipinski definition) is 4. The van der Waals surface area contributed by atoms with E-state index in [9.17, 15) is 4.79 Å². The molecule has 1 unspecified atom stereocenters. The van der Waals surface area contributed by atoms with Crippen molar-refractivity contribution in [2.45, 2.75) is 12.8 Å². The molecule has 4 heteroatoms. The summed E-state index contributed by atoms with van der Waals surface area (Å²) in [6, 6.07) is 10.5. The minimum absolute atomic E-state index is 0.385. The molecule has 1 atom stereocenters. The molecule has 0 aliphatic carbocycles. The van der Waals surface area contributed by atoms with Crippen molar-refractivity contribution in [1.29, 1.82) is 0 Å². The zero-order chi connectivity index (χ0) is 12.8.